The molecule has 2 aromatic rings. The van der Waals surface area contributed by atoms with E-state index in [1.807, 2.05) is 0 Å². The molecule has 2 aliphatic rings. The van der Waals surface area contributed by atoms with Gasteiger partial charge in [0, 0.05) is 37.2 Å². The summed E-state index contributed by atoms with van der Waals surface area (Å²) < 4.78 is 17.8. The largest absolute Gasteiger partial charge is 0.493 e. The van der Waals surface area contributed by atoms with Crippen LogP contribution in [0.3, 0.4) is 0 Å². The van der Waals surface area contributed by atoms with Gasteiger partial charge in [0.1, 0.15) is 18.1 Å². The predicted molar refractivity (Wildman–Crippen MR) is 116 cm³/mol. The van der Waals surface area contributed by atoms with Crippen molar-refractivity contribution in [3.8, 4) is 11.5 Å². The molecular formula is C25H33NO3. The summed E-state index contributed by atoms with van der Waals surface area (Å²) in [5.41, 5.74) is 5.37. The van der Waals surface area contributed by atoms with Crippen LogP contribution in [-0.2, 0) is 24.0 Å². The molecule has 1 saturated heterocycles. The van der Waals surface area contributed by atoms with Crippen LogP contribution in [0.1, 0.15) is 35.1 Å². The van der Waals surface area contributed by atoms with Crippen LogP contribution in [0.5, 0.6) is 11.5 Å². The fourth-order valence-corrected chi connectivity index (χ4v) is 4.33. The highest BCUT2D eigenvalue weighted by atomic mass is 16.5. The molecule has 156 valence electrons. The quantitative estimate of drug-likeness (QED) is 0.595. The zero-order chi connectivity index (χ0) is 19.9. The molecule has 0 spiro atoms. The van der Waals surface area contributed by atoms with Crippen LogP contribution in [0.25, 0.3) is 0 Å². The topological polar surface area (TPSA) is 30.9 Å². The summed E-state index contributed by atoms with van der Waals surface area (Å²) in [4.78, 5) is 2.42. The minimum Gasteiger partial charge on any atom is -0.493 e. The second-order valence-electron chi connectivity index (χ2n) is 8.07. The van der Waals surface area contributed by atoms with Crippen molar-refractivity contribution in [2.24, 2.45) is 0 Å². The fourth-order valence-electron chi connectivity index (χ4n) is 4.33. The van der Waals surface area contributed by atoms with Crippen molar-refractivity contribution in [3.63, 3.8) is 0 Å². The fraction of sp³-hybridized carbons (Fsp3) is 0.520. The van der Waals surface area contributed by atoms with E-state index in [-0.39, 0.29) is 0 Å². The van der Waals surface area contributed by atoms with Crippen molar-refractivity contribution >= 4 is 0 Å². The Morgan fingerprint density at radius 3 is 2.62 bits per heavy atom. The molecule has 0 unspecified atom stereocenters. The third kappa shape index (κ3) is 5.31. The molecule has 1 fully saturated rings. The third-order valence-corrected chi connectivity index (χ3v) is 6.02. The van der Waals surface area contributed by atoms with Crippen molar-refractivity contribution < 1.29 is 14.2 Å². The Morgan fingerprint density at radius 2 is 1.79 bits per heavy atom. The first-order valence-electron chi connectivity index (χ1n) is 11.1. The molecule has 2 heterocycles. The summed E-state index contributed by atoms with van der Waals surface area (Å²) in [6, 6.07) is 13.0. The van der Waals surface area contributed by atoms with E-state index in [4.69, 9.17) is 14.2 Å². The highest BCUT2D eigenvalue weighted by Gasteiger charge is 2.23. The molecule has 0 bridgehead atoms. The van der Waals surface area contributed by atoms with Crippen LogP contribution in [0.15, 0.2) is 36.4 Å². The molecule has 4 rings (SSSR count). The van der Waals surface area contributed by atoms with Crippen LogP contribution in [0, 0.1) is 6.92 Å². The number of ether oxygens (including phenoxy) is 3. The molecule has 4 nitrogen and oxygen atoms in total. The number of morpholine rings is 1. The predicted octanol–water partition coefficient (Wildman–Crippen LogP) is 4.21. The summed E-state index contributed by atoms with van der Waals surface area (Å²) >= 11 is 0. The van der Waals surface area contributed by atoms with Gasteiger partial charge in [-0.25, -0.2) is 0 Å². The van der Waals surface area contributed by atoms with E-state index in [1.165, 1.54) is 28.7 Å². The minimum absolute atomic E-state index is 0.718. The smallest absolute Gasteiger partial charge is 0.129 e. The Labute approximate surface area is 174 Å². The van der Waals surface area contributed by atoms with E-state index in [2.05, 4.69) is 48.2 Å². The number of fused-ring (bicyclic) bond motifs is 1. The van der Waals surface area contributed by atoms with Crippen LogP contribution in [-0.4, -0.2) is 51.0 Å². The zero-order valence-electron chi connectivity index (χ0n) is 17.6. The van der Waals surface area contributed by atoms with Crippen molar-refractivity contribution in [2.75, 3.05) is 46.1 Å². The minimum atomic E-state index is 0.718. The summed E-state index contributed by atoms with van der Waals surface area (Å²) in [6.07, 6.45) is 5.49. The molecule has 4 heteroatoms. The Bertz CT molecular complexity index is 784. The highest BCUT2D eigenvalue weighted by molar-refractivity contribution is 5.55. The van der Waals surface area contributed by atoms with Crippen molar-refractivity contribution in [2.45, 2.75) is 39.0 Å². The summed E-state index contributed by atoms with van der Waals surface area (Å²) in [6.45, 7) is 8.32. The number of nitrogens with zero attached hydrogens (tertiary/aromatic N) is 1. The molecule has 0 radical (unpaired) electrons. The highest BCUT2D eigenvalue weighted by Crippen LogP contribution is 2.39. The Balaban J connectivity index is 1.38. The van der Waals surface area contributed by atoms with Gasteiger partial charge in [-0.3, -0.25) is 4.90 Å². The van der Waals surface area contributed by atoms with Gasteiger partial charge < -0.3 is 14.2 Å². The number of benzene rings is 2. The molecule has 2 aromatic carbocycles. The lowest BCUT2D eigenvalue weighted by atomic mass is 9.97. The van der Waals surface area contributed by atoms with Gasteiger partial charge in [-0.15, -0.1) is 0 Å². The Hall–Kier alpha value is -2.04. The van der Waals surface area contributed by atoms with Gasteiger partial charge in [-0.1, -0.05) is 30.3 Å². The molecule has 0 aromatic heterocycles. The monoisotopic (exact) mass is 395 g/mol. The average Bonchev–Trinajstić information content (AvgIpc) is 3.25. The van der Waals surface area contributed by atoms with Crippen molar-refractivity contribution in [3.05, 3.63) is 58.7 Å². The number of hydrogen-bond donors (Lipinski definition) is 0. The van der Waals surface area contributed by atoms with Crippen LogP contribution in [0.4, 0.5) is 0 Å². The van der Waals surface area contributed by atoms with Gasteiger partial charge in [0.05, 0.1) is 19.8 Å². The van der Waals surface area contributed by atoms with Gasteiger partial charge in [0.2, 0.25) is 0 Å². The second-order valence-corrected chi connectivity index (χ2v) is 8.07. The van der Waals surface area contributed by atoms with Gasteiger partial charge in [-0.2, -0.15) is 0 Å². The number of unbranched alkanes of at least 4 members (excludes halogenated alkanes) is 1. The van der Waals surface area contributed by atoms with Gasteiger partial charge >= 0.3 is 0 Å². The van der Waals surface area contributed by atoms with Gasteiger partial charge in [0.15, 0.2) is 0 Å². The molecule has 0 atom stereocenters. The number of rotatable bonds is 9. The second kappa shape index (κ2) is 10.1. The maximum absolute atomic E-state index is 6.30. The SMILES string of the molecule is Cc1cc(OCCN2CCOCC2)c(CCCCc2ccccc2)c2c1CCO2. The summed E-state index contributed by atoms with van der Waals surface area (Å²) in [5, 5.41) is 0. The third-order valence-electron chi connectivity index (χ3n) is 6.02. The molecule has 2 aliphatic heterocycles. The Kier molecular flexibility index (Phi) is 7.07. The molecule has 0 aliphatic carbocycles. The maximum Gasteiger partial charge on any atom is 0.129 e. The van der Waals surface area contributed by atoms with Crippen LogP contribution >= 0.6 is 0 Å². The maximum atomic E-state index is 6.30. The van der Waals surface area contributed by atoms with Gasteiger partial charge in [-0.05, 0) is 49.8 Å². The zero-order valence-corrected chi connectivity index (χ0v) is 17.6. The molecule has 29 heavy (non-hydrogen) atoms. The van der Waals surface area contributed by atoms with E-state index in [0.717, 1.165) is 83.2 Å². The molecule has 0 amide bonds. The van der Waals surface area contributed by atoms with Crippen LogP contribution in [0.2, 0.25) is 0 Å². The van der Waals surface area contributed by atoms with E-state index >= 15 is 0 Å². The van der Waals surface area contributed by atoms with Crippen molar-refractivity contribution in [1.29, 1.82) is 0 Å². The lowest BCUT2D eigenvalue weighted by Crippen LogP contribution is -2.38. The molecule has 0 saturated carbocycles. The Morgan fingerprint density at radius 1 is 1.00 bits per heavy atom. The van der Waals surface area contributed by atoms with Crippen LogP contribution < -0.4 is 9.47 Å². The van der Waals surface area contributed by atoms with E-state index < -0.39 is 0 Å². The average molecular weight is 396 g/mol. The van der Waals surface area contributed by atoms with Gasteiger partial charge in [0.25, 0.3) is 0 Å². The van der Waals surface area contributed by atoms with E-state index in [9.17, 15) is 0 Å². The first-order valence-corrected chi connectivity index (χ1v) is 11.1. The van der Waals surface area contributed by atoms with E-state index in [1.54, 1.807) is 0 Å². The molecular weight excluding hydrogens is 362 g/mol. The summed E-state index contributed by atoms with van der Waals surface area (Å²) in [7, 11) is 0. The van der Waals surface area contributed by atoms with Crippen molar-refractivity contribution in [1.82, 2.24) is 4.90 Å². The molecule has 0 N–H and O–H groups in total. The van der Waals surface area contributed by atoms with E-state index in [0.29, 0.717) is 0 Å². The normalized spacial score (nSPS) is 16.4. The number of aryl methyl sites for hydroxylation is 2. The lowest BCUT2D eigenvalue weighted by molar-refractivity contribution is 0.0322. The first kappa shape index (κ1) is 20.2. The standard InChI is InChI=1S/C25H33NO3/c1-20-19-24(28-18-14-26-12-16-27-17-13-26)23(25-22(20)11-15-29-25)10-6-5-9-21-7-3-2-4-8-21/h2-4,7-8,19H,5-6,9-18H2,1H3. The summed E-state index contributed by atoms with van der Waals surface area (Å²) in [5.74, 6) is 2.13. The lowest BCUT2D eigenvalue weighted by Gasteiger charge is -2.26. The number of hydrogen-bond acceptors (Lipinski definition) is 4. The first-order chi connectivity index (χ1) is 14.3.